The summed E-state index contributed by atoms with van der Waals surface area (Å²) in [6.45, 7) is 1.78. The van der Waals surface area contributed by atoms with Crippen LogP contribution < -0.4 is 10.9 Å². The number of amides is 1. The van der Waals surface area contributed by atoms with Crippen LogP contribution in [0.5, 0.6) is 0 Å². The van der Waals surface area contributed by atoms with Crippen LogP contribution in [-0.4, -0.2) is 21.5 Å². The van der Waals surface area contributed by atoms with Crippen molar-refractivity contribution in [3.8, 4) is 0 Å². The van der Waals surface area contributed by atoms with Gasteiger partial charge < -0.3 is 5.32 Å². The van der Waals surface area contributed by atoms with Crippen LogP contribution in [0.1, 0.15) is 18.7 Å². The number of aromatic nitrogens is 2. The monoisotopic (exact) mass is 333 g/mol. The van der Waals surface area contributed by atoms with Gasteiger partial charge in [0.2, 0.25) is 5.91 Å². The van der Waals surface area contributed by atoms with Crippen molar-refractivity contribution >= 4 is 28.5 Å². The van der Waals surface area contributed by atoms with Crippen LogP contribution in [-0.2, 0) is 11.3 Å². The van der Waals surface area contributed by atoms with Crippen molar-refractivity contribution in [2.45, 2.75) is 32.4 Å². The molecule has 1 heterocycles. The van der Waals surface area contributed by atoms with Gasteiger partial charge in [0.15, 0.2) is 0 Å². The molecule has 0 aliphatic heterocycles. The lowest BCUT2D eigenvalue weighted by Gasteiger charge is -2.09. The van der Waals surface area contributed by atoms with Crippen molar-refractivity contribution in [2.24, 2.45) is 0 Å². The van der Waals surface area contributed by atoms with Gasteiger partial charge in [-0.1, -0.05) is 0 Å². The fraction of sp³-hybridized carbons (Fsp3) is 0.500. The molecule has 0 aromatic carbocycles. The van der Waals surface area contributed by atoms with Crippen LogP contribution in [0.15, 0.2) is 11.0 Å². The average molecular weight is 333 g/mol. The number of aryl methyl sites for hydroxylation is 1. The highest BCUT2D eigenvalue weighted by molar-refractivity contribution is 14.1. The second-order valence-corrected chi connectivity index (χ2v) is 5.05. The summed E-state index contributed by atoms with van der Waals surface area (Å²) in [5.41, 5.74) is -0.154. The third kappa shape index (κ3) is 2.60. The van der Waals surface area contributed by atoms with Crippen molar-refractivity contribution in [2.75, 3.05) is 0 Å². The first kappa shape index (κ1) is 11.6. The molecule has 5 nitrogen and oxygen atoms in total. The highest BCUT2D eigenvalue weighted by atomic mass is 127. The van der Waals surface area contributed by atoms with Gasteiger partial charge in [0, 0.05) is 12.2 Å². The standard InChI is InChI=1S/C10H12IN3O2/c1-6-12-4-8(11)10(16)14(6)5-9(15)13-7-2-3-7/h4,7H,2-3,5H2,1H3,(H,13,15). The van der Waals surface area contributed by atoms with Crippen molar-refractivity contribution in [1.29, 1.82) is 0 Å². The normalized spacial score (nSPS) is 14.9. The van der Waals surface area contributed by atoms with Crippen LogP contribution in [0.2, 0.25) is 0 Å². The Balaban J connectivity index is 2.16. The predicted octanol–water partition coefficient (Wildman–Crippen LogP) is 0.435. The molecule has 1 fully saturated rings. The van der Waals surface area contributed by atoms with Crippen LogP contribution in [0.3, 0.4) is 0 Å². The molecule has 1 aromatic rings. The van der Waals surface area contributed by atoms with E-state index < -0.39 is 0 Å². The summed E-state index contributed by atoms with van der Waals surface area (Å²) in [6, 6.07) is 0.319. The van der Waals surface area contributed by atoms with Gasteiger partial charge in [-0.3, -0.25) is 14.2 Å². The topological polar surface area (TPSA) is 64.0 Å². The van der Waals surface area contributed by atoms with Crippen molar-refractivity contribution in [3.05, 3.63) is 25.9 Å². The molecule has 1 aromatic heterocycles. The summed E-state index contributed by atoms with van der Waals surface area (Å²) in [5.74, 6) is 0.452. The Morgan fingerprint density at radius 3 is 3.00 bits per heavy atom. The molecular formula is C10H12IN3O2. The molecule has 0 spiro atoms. The van der Waals surface area contributed by atoms with Gasteiger partial charge >= 0.3 is 0 Å². The summed E-state index contributed by atoms with van der Waals surface area (Å²) in [6.07, 6.45) is 3.61. The van der Waals surface area contributed by atoms with Crippen molar-refractivity contribution < 1.29 is 4.79 Å². The summed E-state index contributed by atoms with van der Waals surface area (Å²) < 4.78 is 1.93. The van der Waals surface area contributed by atoms with E-state index in [-0.39, 0.29) is 18.0 Å². The first-order valence-corrected chi connectivity index (χ1v) is 6.17. The van der Waals surface area contributed by atoms with Crippen LogP contribution >= 0.6 is 22.6 Å². The summed E-state index contributed by atoms with van der Waals surface area (Å²) in [7, 11) is 0. The van der Waals surface area contributed by atoms with E-state index in [4.69, 9.17) is 0 Å². The Bertz CT molecular complexity index is 479. The van der Waals surface area contributed by atoms with E-state index in [2.05, 4.69) is 10.3 Å². The van der Waals surface area contributed by atoms with E-state index in [1.165, 1.54) is 10.8 Å². The molecule has 1 aliphatic carbocycles. The number of rotatable bonds is 3. The zero-order valence-corrected chi connectivity index (χ0v) is 11.0. The molecule has 0 radical (unpaired) electrons. The van der Waals surface area contributed by atoms with E-state index in [1.807, 2.05) is 22.6 Å². The molecule has 1 amide bonds. The van der Waals surface area contributed by atoms with Gasteiger partial charge in [0.05, 0.1) is 3.57 Å². The molecule has 0 atom stereocenters. The van der Waals surface area contributed by atoms with Crippen LogP contribution in [0.4, 0.5) is 0 Å². The average Bonchev–Trinajstić information content (AvgIpc) is 3.02. The van der Waals surface area contributed by atoms with E-state index in [0.717, 1.165) is 12.8 Å². The maximum Gasteiger partial charge on any atom is 0.267 e. The number of hydrogen-bond acceptors (Lipinski definition) is 3. The number of carbonyl (C=O) groups is 1. The SMILES string of the molecule is Cc1ncc(I)c(=O)n1CC(=O)NC1CC1. The minimum Gasteiger partial charge on any atom is -0.352 e. The Labute approximate surface area is 106 Å². The Kier molecular flexibility index (Phi) is 3.27. The quantitative estimate of drug-likeness (QED) is 0.817. The molecule has 0 unspecified atom stereocenters. The molecular weight excluding hydrogens is 321 g/mol. The minimum atomic E-state index is -0.154. The molecule has 1 N–H and O–H groups in total. The number of halogens is 1. The van der Waals surface area contributed by atoms with Gasteiger partial charge in [-0.2, -0.15) is 0 Å². The fourth-order valence-corrected chi connectivity index (χ4v) is 1.81. The maximum absolute atomic E-state index is 11.8. The largest absolute Gasteiger partial charge is 0.352 e. The highest BCUT2D eigenvalue weighted by Crippen LogP contribution is 2.18. The van der Waals surface area contributed by atoms with Crippen LogP contribution in [0.25, 0.3) is 0 Å². The summed E-state index contributed by atoms with van der Waals surface area (Å²) in [5, 5.41) is 2.85. The molecule has 2 rings (SSSR count). The Morgan fingerprint density at radius 1 is 1.69 bits per heavy atom. The van der Waals surface area contributed by atoms with Crippen LogP contribution in [0, 0.1) is 10.5 Å². The van der Waals surface area contributed by atoms with Gasteiger partial charge in [-0.05, 0) is 42.4 Å². The molecule has 0 bridgehead atoms. The van der Waals surface area contributed by atoms with Gasteiger partial charge in [0.1, 0.15) is 12.4 Å². The summed E-state index contributed by atoms with van der Waals surface area (Å²) >= 11 is 1.92. The lowest BCUT2D eigenvalue weighted by Crippen LogP contribution is -2.35. The lowest BCUT2D eigenvalue weighted by molar-refractivity contribution is -0.121. The van der Waals surface area contributed by atoms with Gasteiger partial charge in [0.25, 0.3) is 5.56 Å². The molecule has 6 heteroatoms. The molecule has 1 saturated carbocycles. The second kappa shape index (κ2) is 4.52. The highest BCUT2D eigenvalue weighted by Gasteiger charge is 2.23. The molecule has 0 saturated heterocycles. The molecule has 86 valence electrons. The van der Waals surface area contributed by atoms with E-state index in [0.29, 0.717) is 15.4 Å². The van der Waals surface area contributed by atoms with E-state index in [9.17, 15) is 9.59 Å². The predicted molar refractivity (Wildman–Crippen MR) is 67.1 cm³/mol. The van der Waals surface area contributed by atoms with Crippen molar-refractivity contribution in [1.82, 2.24) is 14.9 Å². The van der Waals surface area contributed by atoms with Crippen molar-refractivity contribution in [3.63, 3.8) is 0 Å². The second-order valence-electron chi connectivity index (χ2n) is 3.89. The van der Waals surface area contributed by atoms with E-state index in [1.54, 1.807) is 6.92 Å². The van der Waals surface area contributed by atoms with Gasteiger partial charge in [-0.25, -0.2) is 4.98 Å². The third-order valence-corrected chi connectivity index (χ3v) is 3.19. The zero-order chi connectivity index (χ0) is 11.7. The summed E-state index contributed by atoms with van der Waals surface area (Å²) in [4.78, 5) is 27.4. The van der Waals surface area contributed by atoms with E-state index >= 15 is 0 Å². The first-order chi connectivity index (χ1) is 7.58. The number of nitrogens with zero attached hydrogens (tertiary/aromatic N) is 2. The Hall–Kier alpha value is -0.920. The Morgan fingerprint density at radius 2 is 2.38 bits per heavy atom. The molecule has 1 aliphatic rings. The van der Waals surface area contributed by atoms with Gasteiger partial charge in [-0.15, -0.1) is 0 Å². The first-order valence-electron chi connectivity index (χ1n) is 5.09. The molecule has 16 heavy (non-hydrogen) atoms. The third-order valence-electron chi connectivity index (χ3n) is 2.45. The fourth-order valence-electron chi connectivity index (χ4n) is 1.38. The number of hydrogen-bond donors (Lipinski definition) is 1. The zero-order valence-electron chi connectivity index (χ0n) is 8.86. The minimum absolute atomic E-state index is 0.0605. The smallest absolute Gasteiger partial charge is 0.267 e. The number of carbonyl (C=O) groups excluding carboxylic acids is 1. The maximum atomic E-state index is 11.8. The number of nitrogens with one attached hydrogen (secondary N) is 1. The lowest BCUT2D eigenvalue weighted by atomic mass is 10.4.